The van der Waals surface area contributed by atoms with Gasteiger partial charge in [0.25, 0.3) is 6.01 Å². The van der Waals surface area contributed by atoms with E-state index in [1.54, 1.807) is 12.3 Å². The molecule has 2 aliphatic rings. The number of hydrogen-bond donors (Lipinski definition) is 1. The van der Waals surface area contributed by atoms with E-state index in [0.717, 1.165) is 44.0 Å². The van der Waals surface area contributed by atoms with Crippen LogP contribution in [0.4, 0.5) is 26.2 Å². The molecule has 4 aromatic rings. The third kappa shape index (κ3) is 5.52. The van der Waals surface area contributed by atoms with Crippen LogP contribution in [-0.4, -0.2) is 78.8 Å². The van der Waals surface area contributed by atoms with Crippen molar-refractivity contribution < 1.29 is 17.9 Å². The molecular weight excluding hydrogens is 514 g/mol. The number of halogens is 2. The molecule has 0 radical (unpaired) electrons. The van der Waals surface area contributed by atoms with E-state index in [0.29, 0.717) is 48.7 Å². The van der Waals surface area contributed by atoms with Crippen LogP contribution >= 0.6 is 0 Å². The molecule has 1 N–H and O–H groups in total. The molecule has 40 heavy (non-hydrogen) atoms. The Morgan fingerprint density at radius 2 is 1.68 bits per heavy atom. The van der Waals surface area contributed by atoms with Crippen LogP contribution in [-0.2, 0) is 11.3 Å². The summed E-state index contributed by atoms with van der Waals surface area (Å²) in [4.78, 5) is 15.8. The molecule has 0 amide bonds. The molecule has 2 fully saturated rings. The topological polar surface area (TPSA) is 69.9 Å². The number of piperazine rings is 1. The Balaban J connectivity index is 1.22. The Morgan fingerprint density at radius 1 is 0.925 bits per heavy atom. The summed E-state index contributed by atoms with van der Waals surface area (Å²) in [6.45, 7) is 12.2. The van der Waals surface area contributed by atoms with Crippen LogP contribution in [0.2, 0.25) is 0 Å². The number of nitrogens with zero attached hydrogens (tertiary/aromatic N) is 5. The number of aromatic nitrogens is 2. The fourth-order valence-corrected chi connectivity index (χ4v) is 5.50. The molecule has 2 saturated heterocycles. The molecule has 0 atom stereocenters. The van der Waals surface area contributed by atoms with E-state index in [4.69, 9.17) is 9.15 Å². The second-order valence-corrected chi connectivity index (χ2v) is 10.4. The van der Waals surface area contributed by atoms with Gasteiger partial charge >= 0.3 is 0 Å². The summed E-state index contributed by atoms with van der Waals surface area (Å²) in [5.41, 5.74) is 4.84. The van der Waals surface area contributed by atoms with Gasteiger partial charge in [0.1, 0.15) is 22.8 Å². The highest BCUT2D eigenvalue weighted by Gasteiger charge is 2.21. The first kappa shape index (κ1) is 26.6. The number of ether oxygens (including phenoxy) is 1. The van der Waals surface area contributed by atoms with Crippen molar-refractivity contribution in [1.82, 2.24) is 19.8 Å². The van der Waals surface area contributed by atoms with Crippen molar-refractivity contribution in [2.45, 2.75) is 20.4 Å². The Morgan fingerprint density at radius 3 is 2.38 bits per heavy atom. The van der Waals surface area contributed by atoms with Gasteiger partial charge in [-0.25, -0.2) is 8.78 Å². The van der Waals surface area contributed by atoms with E-state index in [-0.39, 0.29) is 18.1 Å². The number of aryl methyl sites for hydroxylation is 1. The molecule has 0 saturated carbocycles. The van der Waals surface area contributed by atoms with E-state index in [2.05, 4.69) is 51.1 Å². The second kappa shape index (κ2) is 11.5. The molecular formula is C30H34F2N6O2. The normalized spacial score (nSPS) is 17.1. The first-order chi connectivity index (χ1) is 19.5. The average Bonchev–Trinajstić information content (AvgIpc) is 3.38. The summed E-state index contributed by atoms with van der Waals surface area (Å²) in [6.07, 6.45) is 1.57. The monoisotopic (exact) mass is 548 g/mol. The molecule has 8 nitrogen and oxygen atoms in total. The number of benzene rings is 2. The van der Waals surface area contributed by atoms with Gasteiger partial charge in [-0.15, -0.1) is 0 Å². The zero-order valence-corrected chi connectivity index (χ0v) is 22.9. The van der Waals surface area contributed by atoms with Crippen LogP contribution in [0, 0.1) is 18.6 Å². The number of hydrogen-bond acceptors (Lipinski definition) is 8. The van der Waals surface area contributed by atoms with Crippen LogP contribution in [0.5, 0.6) is 0 Å². The minimum absolute atomic E-state index is 0.0452. The van der Waals surface area contributed by atoms with E-state index in [9.17, 15) is 0 Å². The lowest BCUT2D eigenvalue weighted by atomic mass is 10.1. The van der Waals surface area contributed by atoms with Crippen molar-refractivity contribution in [3.05, 3.63) is 65.4 Å². The maximum Gasteiger partial charge on any atom is 0.300 e. The summed E-state index contributed by atoms with van der Waals surface area (Å²) in [7, 11) is 0. The average molecular weight is 549 g/mol. The lowest BCUT2D eigenvalue weighted by Gasteiger charge is -2.36. The van der Waals surface area contributed by atoms with Crippen LogP contribution in [0.15, 0.2) is 47.0 Å². The van der Waals surface area contributed by atoms with Gasteiger partial charge in [0.15, 0.2) is 5.58 Å². The number of likely N-dealkylation sites (N-methyl/N-ethyl adjacent to an activating group) is 1. The zero-order valence-electron chi connectivity index (χ0n) is 22.9. The molecule has 0 spiro atoms. The largest absolute Gasteiger partial charge is 0.421 e. The summed E-state index contributed by atoms with van der Waals surface area (Å²) in [5, 5.41) is 3.24. The van der Waals surface area contributed by atoms with Gasteiger partial charge in [0.05, 0.1) is 13.2 Å². The van der Waals surface area contributed by atoms with Crippen molar-refractivity contribution in [3.8, 4) is 11.3 Å². The van der Waals surface area contributed by atoms with E-state index < -0.39 is 11.6 Å². The lowest BCUT2D eigenvalue weighted by Crippen LogP contribution is -2.46. The summed E-state index contributed by atoms with van der Waals surface area (Å²) in [5.74, 6) is -1.21. The Kier molecular flexibility index (Phi) is 7.64. The van der Waals surface area contributed by atoms with E-state index >= 15 is 8.78 Å². The highest BCUT2D eigenvalue weighted by Crippen LogP contribution is 2.33. The van der Waals surface area contributed by atoms with Crippen molar-refractivity contribution in [1.29, 1.82) is 0 Å². The molecule has 2 aromatic heterocycles. The molecule has 10 heteroatoms. The van der Waals surface area contributed by atoms with Crippen LogP contribution in [0.25, 0.3) is 22.4 Å². The van der Waals surface area contributed by atoms with Crippen LogP contribution in [0.3, 0.4) is 0 Å². The third-order valence-corrected chi connectivity index (χ3v) is 7.81. The zero-order chi connectivity index (χ0) is 27.6. The number of rotatable bonds is 7. The van der Waals surface area contributed by atoms with Gasteiger partial charge in [0.2, 0.25) is 0 Å². The minimum Gasteiger partial charge on any atom is -0.421 e. The number of pyridine rings is 1. The van der Waals surface area contributed by atoms with Gasteiger partial charge < -0.3 is 24.3 Å². The van der Waals surface area contributed by atoms with E-state index in [1.165, 1.54) is 17.8 Å². The van der Waals surface area contributed by atoms with Crippen LogP contribution in [0.1, 0.15) is 18.1 Å². The summed E-state index contributed by atoms with van der Waals surface area (Å²) >= 11 is 0. The molecule has 0 unspecified atom stereocenters. The Hall–Kier alpha value is -3.60. The number of fused-ring (bicyclic) bond motifs is 1. The molecule has 6 rings (SSSR count). The van der Waals surface area contributed by atoms with Gasteiger partial charge in [-0.2, -0.15) is 4.98 Å². The lowest BCUT2D eigenvalue weighted by molar-refractivity contribution is 0.0332. The second-order valence-electron chi connectivity index (χ2n) is 10.4. The van der Waals surface area contributed by atoms with Crippen molar-refractivity contribution in [3.63, 3.8) is 0 Å². The van der Waals surface area contributed by atoms with Crippen molar-refractivity contribution in [2.24, 2.45) is 0 Å². The standard InChI is InChI=1S/C30H34F2N6O2/c1-3-36-8-10-38(11-9-36)27-5-4-22(16-20(27)2)34-30-35-26-6-7-33-28(29(26)40-30)21-17-24(31)23(25(32)18-21)19-37-12-14-39-15-13-37/h4-7,16-18H,3,8-15,19H2,1-2H3,(H,34,35). The van der Waals surface area contributed by atoms with Gasteiger partial charge in [-0.05, 0) is 55.4 Å². The fourth-order valence-electron chi connectivity index (χ4n) is 5.50. The highest BCUT2D eigenvalue weighted by atomic mass is 19.1. The van der Waals surface area contributed by atoms with Gasteiger partial charge in [-0.1, -0.05) is 6.92 Å². The number of anilines is 3. The summed E-state index contributed by atoms with van der Waals surface area (Å²) < 4.78 is 41.6. The smallest absolute Gasteiger partial charge is 0.300 e. The first-order valence-electron chi connectivity index (χ1n) is 13.9. The molecule has 2 aliphatic heterocycles. The van der Waals surface area contributed by atoms with Gasteiger partial charge in [0, 0.05) is 74.5 Å². The van der Waals surface area contributed by atoms with Crippen molar-refractivity contribution >= 4 is 28.5 Å². The maximum atomic E-state index is 15.1. The Labute approximate surface area is 232 Å². The van der Waals surface area contributed by atoms with Crippen LogP contribution < -0.4 is 10.2 Å². The fraction of sp³-hybridized carbons (Fsp3) is 0.400. The van der Waals surface area contributed by atoms with Gasteiger partial charge in [-0.3, -0.25) is 9.88 Å². The minimum atomic E-state index is -0.607. The maximum absolute atomic E-state index is 15.1. The highest BCUT2D eigenvalue weighted by molar-refractivity contribution is 5.88. The molecule has 2 aromatic carbocycles. The number of oxazole rings is 1. The molecule has 4 heterocycles. The predicted molar refractivity (Wildman–Crippen MR) is 152 cm³/mol. The molecule has 0 aliphatic carbocycles. The van der Waals surface area contributed by atoms with Crippen molar-refractivity contribution in [2.75, 3.05) is 69.2 Å². The molecule has 0 bridgehead atoms. The number of morpholine rings is 1. The quantitative estimate of drug-likeness (QED) is 0.338. The summed E-state index contributed by atoms with van der Waals surface area (Å²) in [6, 6.07) is 10.9. The first-order valence-corrected chi connectivity index (χ1v) is 13.9. The third-order valence-electron chi connectivity index (χ3n) is 7.81. The molecule has 210 valence electrons. The number of nitrogens with one attached hydrogen (secondary N) is 1. The predicted octanol–water partition coefficient (Wildman–Crippen LogP) is 5.19. The SMILES string of the molecule is CCN1CCN(c2ccc(Nc3nc4ccnc(-c5cc(F)c(CN6CCOCC6)c(F)c5)c4o3)cc2C)CC1. The Bertz CT molecular complexity index is 1470. The van der Waals surface area contributed by atoms with E-state index in [1.807, 2.05) is 11.0 Å².